The van der Waals surface area contributed by atoms with Gasteiger partial charge in [-0.05, 0) is 22.6 Å². The number of aromatic nitrogens is 2. The molecular weight excluding hydrogens is 307 g/mol. The lowest BCUT2D eigenvalue weighted by Crippen LogP contribution is -2.47. The van der Waals surface area contributed by atoms with Crippen molar-refractivity contribution in [3.8, 4) is 0 Å². The van der Waals surface area contributed by atoms with Crippen LogP contribution in [0.2, 0.25) is 0 Å². The molecule has 0 aromatic carbocycles. The number of carbonyl (C=O) groups is 1. The number of piperazine rings is 1. The normalized spacial score (nSPS) is 17.9. The molecule has 0 aliphatic carbocycles. The van der Waals surface area contributed by atoms with Gasteiger partial charge in [-0.25, -0.2) is 0 Å². The lowest BCUT2D eigenvalue weighted by atomic mass is 10.3. The summed E-state index contributed by atoms with van der Waals surface area (Å²) >= 11 is 2.27. The maximum atomic E-state index is 11.2. The van der Waals surface area contributed by atoms with Crippen LogP contribution in [0.3, 0.4) is 0 Å². The molecule has 82 valence electrons. The van der Waals surface area contributed by atoms with Gasteiger partial charge in [-0.2, -0.15) is 5.10 Å². The molecule has 1 saturated heterocycles. The predicted molar refractivity (Wildman–Crippen MR) is 64.2 cm³/mol. The van der Waals surface area contributed by atoms with Gasteiger partial charge in [0.2, 0.25) is 5.91 Å². The fourth-order valence-electron chi connectivity index (χ4n) is 1.65. The highest BCUT2D eigenvalue weighted by molar-refractivity contribution is 14.1. The zero-order valence-electron chi connectivity index (χ0n) is 8.53. The fourth-order valence-corrected chi connectivity index (χ4v) is 2.30. The number of carbonyl (C=O) groups excluding carboxylic acids is 1. The Balaban J connectivity index is 2.05. The Kier molecular flexibility index (Phi) is 3.25. The van der Waals surface area contributed by atoms with Crippen LogP contribution in [0.1, 0.15) is 5.69 Å². The van der Waals surface area contributed by atoms with E-state index < -0.39 is 0 Å². The van der Waals surface area contributed by atoms with E-state index in [1.54, 1.807) is 0 Å². The smallest absolute Gasteiger partial charge is 0.234 e. The van der Waals surface area contributed by atoms with Gasteiger partial charge in [0, 0.05) is 26.7 Å². The van der Waals surface area contributed by atoms with Crippen LogP contribution in [0.25, 0.3) is 0 Å². The number of aryl methyl sites for hydroxylation is 1. The largest absolute Gasteiger partial charge is 0.354 e. The minimum Gasteiger partial charge on any atom is -0.354 e. The summed E-state index contributed by atoms with van der Waals surface area (Å²) in [5, 5.41) is 7.00. The van der Waals surface area contributed by atoms with E-state index in [-0.39, 0.29) is 5.91 Å². The van der Waals surface area contributed by atoms with Gasteiger partial charge < -0.3 is 5.32 Å². The van der Waals surface area contributed by atoms with E-state index in [2.05, 4.69) is 37.9 Å². The molecule has 0 atom stereocenters. The van der Waals surface area contributed by atoms with Crippen molar-refractivity contribution in [1.82, 2.24) is 20.0 Å². The Morgan fingerprint density at radius 1 is 1.67 bits per heavy atom. The van der Waals surface area contributed by atoms with Crippen LogP contribution in [0, 0.1) is 3.57 Å². The van der Waals surface area contributed by atoms with Gasteiger partial charge in [0.05, 0.1) is 22.0 Å². The van der Waals surface area contributed by atoms with Crippen molar-refractivity contribution in [1.29, 1.82) is 0 Å². The molecule has 1 aromatic heterocycles. The van der Waals surface area contributed by atoms with E-state index >= 15 is 0 Å². The Morgan fingerprint density at radius 3 is 3.07 bits per heavy atom. The summed E-state index contributed by atoms with van der Waals surface area (Å²) in [6.45, 7) is 2.93. The predicted octanol–water partition coefficient (Wildman–Crippen LogP) is -0.0435. The molecule has 6 heteroatoms. The molecule has 5 nitrogen and oxygen atoms in total. The Morgan fingerprint density at radius 2 is 2.47 bits per heavy atom. The van der Waals surface area contributed by atoms with Gasteiger partial charge in [0.25, 0.3) is 0 Å². The van der Waals surface area contributed by atoms with Crippen molar-refractivity contribution >= 4 is 28.5 Å². The molecule has 2 rings (SSSR count). The number of hydrogen-bond acceptors (Lipinski definition) is 3. The Hall–Kier alpha value is -0.630. The van der Waals surface area contributed by atoms with Crippen LogP contribution in [0.5, 0.6) is 0 Å². The maximum absolute atomic E-state index is 11.2. The average molecular weight is 320 g/mol. The van der Waals surface area contributed by atoms with Crippen molar-refractivity contribution < 1.29 is 4.79 Å². The minimum atomic E-state index is 0.110. The summed E-state index contributed by atoms with van der Waals surface area (Å²) in [6.07, 6.45) is 1.85. The van der Waals surface area contributed by atoms with Gasteiger partial charge in [-0.15, -0.1) is 0 Å². The summed E-state index contributed by atoms with van der Waals surface area (Å²) in [5.74, 6) is 0.110. The average Bonchev–Trinajstić information content (AvgIpc) is 2.50. The van der Waals surface area contributed by atoms with E-state index in [4.69, 9.17) is 0 Å². The van der Waals surface area contributed by atoms with E-state index in [9.17, 15) is 4.79 Å². The first-order chi connectivity index (χ1) is 7.16. The third-order valence-electron chi connectivity index (χ3n) is 2.50. The van der Waals surface area contributed by atoms with E-state index in [1.165, 1.54) is 5.69 Å². The molecule has 1 aromatic rings. The van der Waals surface area contributed by atoms with Crippen LogP contribution in [0.4, 0.5) is 0 Å². The number of amides is 1. The minimum absolute atomic E-state index is 0.110. The van der Waals surface area contributed by atoms with E-state index in [0.29, 0.717) is 6.54 Å². The van der Waals surface area contributed by atoms with Gasteiger partial charge >= 0.3 is 0 Å². The molecule has 0 unspecified atom stereocenters. The van der Waals surface area contributed by atoms with Crippen LogP contribution in [0.15, 0.2) is 6.20 Å². The fraction of sp³-hybridized carbons (Fsp3) is 0.556. The van der Waals surface area contributed by atoms with Crippen molar-refractivity contribution in [3.05, 3.63) is 15.5 Å². The molecular formula is C9H13IN4O. The molecule has 1 amide bonds. The summed E-state index contributed by atoms with van der Waals surface area (Å²) in [5.41, 5.74) is 1.17. The first-order valence-corrected chi connectivity index (χ1v) is 5.90. The van der Waals surface area contributed by atoms with Crippen molar-refractivity contribution in [2.45, 2.75) is 6.54 Å². The van der Waals surface area contributed by atoms with Gasteiger partial charge in [-0.3, -0.25) is 14.4 Å². The van der Waals surface area contributed by atoms with Gasteiger partial charge in [0.15, 0.2) is 0 Å². The summed E-state index contributed by atoms with van der Waals surface area (Å²) in [4.78, 5) is 13.3. The second-order valence-electron chi connectivity index (χ2n) is 3.62. The van der Waals surface area contributed by atoms with Crippen LogP contribution >= 0.6 is 22.6 Å². The van der Waals surface area contributed by atoms with E-state index in [0.717, 1.165) is 23.2 Å². The molecule has 1 aliphatic heterocycles. The second-order valence-corrected chi connectivity index (χ2v) is 4.79. The molecule has 0 saturated carbocycles. The first-order valence-electron chi connectivity index (χ1n) is 4.82. The monoisotopic (exact) mass is 320 g/mol. The Labute approximate surface area is 102 Å². The highest BCUT2D eigenvalue weighted by Gasteiger charge is 2.18. The van der Waals surface area contributed by atoms with E-state index in [1.807, 2.05) is 17.9 Å². The second kappa shape index (κ2) is 4.48. The molecule has 15 heavy (non-hydrogen) atoms. The number of nitrogens with zero attached hydrogens (tertiary/aromatic N) is 3. The van der Waals surface area contributed by atoms with Crippen LogP contribution < -0.4 is 5.32 Å². The summed E-state index contributed by atoms with van der Waals surface area (Å²) < 4.78 is 3.02. The molecule has 1 N–H and O–H groups in total. The van der Waals surface area contributed by atoms with Crippen molar-refractivity contribution in [3.63, 3.8) is 0 Å². The highest BCUT2D eigenvalue weighted by Crippen LogP contribution is 2.13. The summed E-state index contributed by atoms with van der Waals surface area (Å²) in [7, 11) is 1.93. The molecule has 0 bridgehead atoms. The highest BCUT2D eigenvalue weighted by atomic mass is 127. The number of nitrogens with one attached hydrogen (secondary N) is 1. The quantitative estimate of drug-likeness (QED) is 0.778. The zero-order chi connectivity index (χ0) is 10.8. The lowest BCUT2D eigenvalue weighted by molar-refractivity contribution is -0.124. The first kappa shape index (κ1) is 10.9. The number of halogens is 1. The standard InChI is InChI=1S/C9H13IN4O/c1-13-8(7(10)4-12-13)5-14-3-2-11-9(15)6-14/h4H,2-3,5-6H2,1H3,(H,11,15). The van der Waals surface area contributed by atoms with Gasteiger partial charge in [-0.1, -0.05) is 0 Å². The van der Waals surface area contributed by atoms with Crippen LogP contribution in [-0.2, 0) is 18.4 Å². The molecule has 1 fully saturated rings. The SMILES string of the molecule is Cn1ncc(I)c1CN1CCNC(=O)C1. The molecule has 0 spiro atoms. The number of rotatable bonds is 2. The molecule has 1 aliphatic rings. The molecule has 0 radical (unpaired) electrons. The van der Waals surface area contributed by atoms with Crippen molar-refractivity contribution in [2.75, 3.05) is 19.6 Å². The number of hydrogen-bond donors (Lipinski definition) is 1. The lowest BCUT2D eigenvalue weighted by Gasteiger charge is -2.26. The van der Waals surface area contributed by atoms with Gasteiger partial charge in [0.1, 0.15) is 0 Å². The van der Waals surface area contributed by atoms with Crippen LogP contribution in [-0.4, -0.2) is 40.2 Å². The Bertz CT molecular complexity index is 357. The van der Waals surface area contributed by atoms with Crippen molar-refractivity contribution in [2.24, 2.45) is 7.05 Å². The topological polar surface area (TPSA) is 50.2 Å². The molecule has 2 heterocycles. The third-order valence-corrected chi connectivity index (χ3v) is 3.40. The summed E-state index contributed by atoms with van der Waals surface area (Å²) in [6, 6.07) is 0. The third kappa shape index (κ3) is 2.49. The zero-order valence-corrected chi connectivity index (χ0v) is 10.7. The maximum Gasteiger partial charge on any atom is 0.234 e.